The summed E-state index contributed by atoms with van der Waals surface area (Å²) in [7, 11) is 0. The topological polar surface area (TPSA) is 158 Å². The maximum absolute atomic E-state index is 11.2. The van der Waals surface area contributed by atoms with Gasteiger partial charge in [0.1, 0.15) is 11.5 Å². The van der Waals surface area contributed by atoms with Crippen LogP contribution in [-0.2, 0) is 23.9 Å². The molecule has 0 unspecified atom stereocenters. The summed E-state index contributed by atoms with van der Waals surface area (Å²) in [5.74, 6) is -5.67. The van der Waals surface area contributed by atoms with Crippen LogP contribution >= 0.6 is 0 Å². The Morgan fingerprint density at radius 2 is 1.04 bits per heavy atom. The lowest BCUT2D eigenvalue weighted by molar-refractivity contribution is -0.162. The van der Waals surface area contributed by atoms with Crippen LogP contribution in [0.5, 0.6) is 0 Å². The Morgan fingerprint density at radius 3 is 1.24 bits per heavy atom. The molecule has 2 aliphatic carbocycles. The number of allylic oxidation sites excluding steroid dienone is 4. The minimum atomic E-state index is -2.06. The van der Waals surface area contributed by atoms with Crippen molar-refractivity contribution in [2.45, 2.75) is 12.8 Å². The van der Waals surface area contributed by atoms with Gasteiger partial charge in [0.15, 0.2) is 10.8 Å². The first-order valence-corrected chi connectivity index (χ1v) is 7.04. The quantitative estimate of drug-likeness (QED) is 0.513. The highest BCUT2D eigenvalue weighted by Gasteiger charge is 2.46. The second-order valence-corrected chi connectivity index (χ2v) is 5.55. The highest BCUT2D eigenvalue weighted by Crippen LogP contribution is 2.34. The van der Waals surface area contributed by atoms with Crippen molar-refractivity contribution in [1.29, 1.82) is 0 Å². The molecule has 9 nitrogen and oxygen atoms in total. The van der Waals surface area contributed by atoms with Crippen molar-refractivity contribution in [3.8, 4) is 0 Å². The predicted molar refractivity (Wildman–Crippen MR) is 80.2 cm³/mol. The monoisotopic (exact) mass is 350 g/mol. The number of rotatable bonds is 6. The molecular weight excluding hydrogens is 336 g/mol. The highest BCUT2D eigenvalue weighted by atomic mass is 16.5. The highest BCUT2D eigenvalue weighted by molar-refractivity contribution is 6.01. The average Bonchev–Trinajstić information content (AvgIpc) is 2.55. The Balaban J connectivity index is 2.12. The lowest BCUT2D eigenvalue weighted by Gasteiger charge is -2.25. The summed E-state index contributed by atoms with van der Waals surface area (Å²) in [6.45, 7) is 0. The molecule has 0 spiro atoms. The van der Waals surface area contributed by atoms with E-state index in [4.69, 9.17) is 25.2 Å². The van der Waals surface area contributed by atoms with Crippen LogP contribution in [0, 0.1) is 10.8 Å². The Bertz CT molecular complexity index is 674. The zero-order chi connectivity index (χ0) is 18.8. The van der Waals surface area contributed by atoms with E-state index in [0.29, 0.717) is 0 Å². The van der Waals surface area contributed by atoms with Crippen molar-refractivity contribution in [3.63, 3.8) is 0 Å². The van der Waals surface area contributed by atoms with Gasteiger partial charge in [-0.25, -0.2) is 0 Å². The molecule has 132 valence electrons. The zero-order valence-corrected chi connectivity index (χ0v) is 12.7. The SMILES string of the molecule is O=C(O)C1(C(=O)O)C=CC(OC2=CCC(C(=O)O)(C(=O)O)C=C2)=CC1. The molecule has 0 radical (unpaired) electrons. The number of carboxylic acid groups (broad SMARTS) is 4. The zero-order valence-electron chi connectivity index (χ0n) is 12.7. The standard InChI is InChI=1S/C16H14O9/c17-11(18)15(12(19)20)5-1-9(2-6-15)25-10-3-7-16(8-4-10,13(21)22)14(23)24/h1-5,7H,6,8H2,(H,17,18)(H,19,20)(H,21,22)(H,23,24). The van der Waals surface area contributed by atoms with Crippen molar-refractivity contribution in [2.75, 3.05) is 0 Å². The maximum atomic E-state index is 11.2. The van der Waals surface area contributed by atoms with E-state index < -0.39 is 34.7 Å². The van der Waals surface area contributed by atoms with Gasteiger partial charge in [0.2, 0.25) is 0 Å². The largest absolute Gasteiger partial charge is 0.480 e. The molecule has 0 amide bonds. The van der Waals surface area contributed by atoms with E-state index in [2.05, 4.69) is 0 Å². The van der Waals surface area contributed by atoms with Crippen LogP contribution in [0.3, 0.4) is 0 Å². The molecular formula is C16H14O9. The van der Waals surface area contributed by atoms with Crippen LogP contribution in [0.1, 0.15) is 12.8 Å². The van der Waals surface area contributed by atoms with E-state index in [1.807, 2.05) is 0 Å². The van der Waals surface area contributed by atoms with Crippen molar-refractivity contribution in [1.82, 2.24) is 0 Å². The number of hydrogen-bond acceptors (Lipinski definition) is 5. The first-order valence-electron chi connectivity index (χ1n) is 7.04. The molecule has 0 aromatic rings. The van der Waals surface area contributed by atoms with Crippen LogP contribution < -0.4 is 0 Å². The number of ether oxygens (including phenoxy) is 1. The molecule has 4 N–H and O–H groups in total. The predicted octanol–water partition coefficient (Wildman–Crippen LogP) is 1.00. The van der Waals surface area contributed by atoms with E-state index in [9.17, 15) is 19.2 Å². The number of hydrogen-bond donors (Lipinski definition) is 4. The number of carbonyl (C=O) groups is 4. The van der Waals surface area contributed by atoms with Crippen LogP contribution in [-0.4, -0.2) is 44.3 Å². The minimum Gasteiger partial charge on any atom is -0.480 e. The molecule has 0 saturated heterocycles. The van der Waals surface area contributed by atoms with Crippen LogP contribution in [0.25, 0.3) is 0 Å². The van der Waals surface area contributed by atoms with Gasteiger partial charge < -0.3 is 25.2 Å². The second-order valence-electron chi connectivity index (χ2n) is 5.55. The van der Waals surface area contributed by atoms with Crippen molar-refractivity contribution >= 4 is 23.9 Å². The molecule has 25 heavy (non-hydrogen) atoms. The smallest absolute Gasteiger partial charge is 0.325 e. The molecule has 0 aliphatic heterocycles. The van der Waals surface area contributed by atoms with E-state index in [1.165, 1.54) is 24.3 Å². The van der Waals surface area contributed by atoms with Crippen LogP contribution in [0.4, 0.5) is 0 Å². The second kappa shape index (κ2) is 6.27. The van der Waals surface area contributed by atoms with Gasteiger partial charge in [-0.05, 0) is 37.1 Å². The fourth-order valence-electron chi connectivity index (χ4n) is 2.35. The third-order valence-electron chi connectivity index (χ3n) is 4.08. The fourth-order valence-corrected chi connectivity index (χ4v) is 2.35. The number of aliphatic carboxylic acids is 4. The summed E-state index contributed by atoms with van der Waals surface area (Å²) < 4.78 is 5.41. The first kappa shape index (κ1) is 18.0. The molecule has 0 heterocycles. The summed E-state index contributed by atoms with van der Waals surface area (Å²) in [6, 6.07) is 0. The Hall–Kier alpha value is -3.36. The van der Waals surface area contributed by atoms with Gasteiger partial charge in [0, 0.05) is 0 Å². The van der Waals surface area contributed by atoms with E-state index >= 15 is 0 Å². The van der Waals surface area contributed by atoms with Crippen molar-refractivity contribution in [2.24, 2.45) is 10.8 Å². The summed E-state index contributed by atoms with van der Waals surface area (Å²) >= 11 is 0. The Morgan fingerprint density at radius 1 is 0.720 bits per heavy atom. The average molecular weight is 350 g/mol. The van der Waals surface area contributed by atoms with Crippen molar-refractivity contribution < 1.29 is 44.3 Å². The molecule has 2 rings (SSSR count). The summed E-state index contributed by atoms with van der Waals surface area (Å²) in [4.78, 5) is 44.7. The van der Waals surface area contributed by atoms with Gasteiger partial charge in [-0.2, -0.15) is 0 Å². The molecule has 0 saturated carbocycles. The lowest BCUT2D eigenvalue weighted by atomic mass is 9.81. The Kier molecular flexibility index (Phi) is 4.51. The van der Waals surface area contributed by atoms with E-state index in [-0.39, 0.29) is 24.4 Å². The normalized spacial score (nSPS) is 20.2. The molecule has 0 aromatic heterocycles. The number of carboxylic acids is 4. The molecule has 2 aliphatic rings. The van der Waals surface area contributed by atoms with Gasteiger partial charge in [-0.3, -0.25) is 19.2 Å². The van der Waals surface area contributed by atoms with Gasteiger partial charge in [-0.15, -0.1) is 0 Å². The maximum Gasteiger partial charge on any atom is 0.325 e. The molecule has 0 aromatic carbocycles. The summed E-state index contributed by atoms with van der Waals surface area (Å²) in [5.41, 5.74) is -4.13. The van der Waals surface area contributed by atoms with Gasteiger partial charge in [0.25, 0.3) is 0 Å². The third kappa shape index (κ3) is 3.03. The molecule has 0 fully saturated rings. The van der Waals surface area contributed by atoms with E-state index in [1.54, 1.807) is 0 Å². The summed E-state index contributed by atoms with van der Waals surface area (Å²) in [6.07, 6.45) is 6.30. The van der Waals surface area contributed by atoms with Gasteiger partial charge >= 0.3 is 23.9 Å². The van der Waals surface area contributed by atoms with E-state index in [0.717, 1.165) is 12.2 Å². The first-order chi connectivity index (χ1) is 11.6. The van der Waals surface area contributed by atoms with Crippen LogP contribution in [0.2, 0.25) is 0 Å². The van der Waals surface area contributed by atoms with Gasteiger partial charge in [-0.1, -0.05) is 12.2 Å². The Labute approximate surface area is 140 Å². The summed E-state index contributed by atoms with van der Waals surface area (Å²) in [5, 5.41) is 36.4. The molecule has 0 atom stereocenters. The lowest BCUT2D eigenvalue weighted by Crippen LogP contribution is -2.38. The van der Waals surface area contributed by atoms with Crippen LogP contribution in [0.15, 0.2) is 48.0 Å². The van der Waals surface area contributed by atoms with Crippen molar-refractivity contribution in [3.05, 3.63) is 48.0 Å². The third-order valence-corrected chi connectivity index (χ3v) is 4.08. The fraction of sp³-hybridized carbons (Fsp3) is 0.250. The van der Waals surface area contributed by atoms with Gasteiger partial charge in [0.05, 0.1) is 0 Å². The molecule has 9 heteroatoms. The molecule has 0 bridgehead atoms. The minimum absolute atomic E-state index is 0.173.